The van der Waals surface area contributed by atoms with Crippen molar-refractivity contribution in [3.8, 4) is 6.07 Å². The van der Waals surface area contributed by atoms with Crippen molar-refractivity contribution < 1.29 is 4.79 Å². The summed E-state index contributed by atoms with van der Waals surface area (Å²) in [6.45, 7) is 0. The first-order valence-electron chi connectivity index (χ1n) is 5.89. The van der Waals surface area contributed by atoms with E-state index in [1.165, 1.54) is 6.07 Å². The largest absolute Gasteiger partial charge is 0.383 e. The molecule has 0 saturated heterocycles. The number of nitrogen functional groups attached to an aromatic ring is 2. The van der Waals surface area contributed by atoms with Gasteiger partial charge in [0.05, 0.1) is 17.4 Å². The average Bonchev–Trinajstić information content (AvgIpc) is 2.45. The summed E-state index contributed by atoms with van der Waals surface area (Å²) in [4.78, 5) is 19.7. The number of thioether (sulfide) groups is 1. The maximum absolute atomic E-state index is 11.8. The number of nitrogens with two attached hydrogens (primary N) is 2. The summed E-state index contributed by atoms with van der Waals surface area (Å²) in [5.74, 6) is 0.437. The standard InChI is InChI=1S/C13H12N6OS/c14-6-8-1-3-9(4-2-8)17-12(20)7-21-13-18-10(15)5-11(16)19-13/h1-5H,7H2,(H,17,20)(H4,15,16,18,19). The number of carbonyl (C=O) groups is 1. The van der Waals surface area contributed by atoms with Gasteiger partial charge in [0.1, 0.15) is 11.6 Å². The molecule has 21 heavy (non-hydrogen) atoms. The predicted molar refractivity (Wildman–Crippen MR) is 81.4 cm³/mol. The molecule has 0 aliphatic rings. The van der Waals surface area contributed by atoms with E-state index in [-0.39, 0.29) is 23.3 Å². The van der Waals surface area contributed by atoms with E-state index in [0.717, 1.165) is 11.8 Å². The third-order valence-electron chi connectivity index (χ3n) is 2.38. The predicted octanol–water partition coefficient (Wildman–Crippen LogP) is 1.24. The molecule has 7 nitrogen and oxygen atoms in total. The zero-order chi connectivity index (χ0) is 15.2. The number of nitriles is 1. The van der Waals surface area contributed by atoms with Gasteiger partial charge in [-0.25, -0.2) is 9.97 Å². The lowest BCUT2D eigenvalue weighted by atomic mass is 10.2. The fourth-order valence-corrected chi connectivity index (χ4v) is 2.15. The zero-order valence-electron chi connectivity index (χ0n) is 10.9. The van der Waals surface area contributed by atoms with Crippen LogP contribution in [0.1, 0.15) is 5.56 Å². The highest BCUT2D eigenvalue weighted by Gasteiger charge is 2.07. The van der Waals surface area contributed by atoms with Crippen LogP contribution in [0.5, 0.6) is 0 Å². The minimum atomic E-state index is -0.214. The van der Waals surface area contributed by atoms with Crippen molar-refractivity contribution >= 4 is 35.0 Å². The summed E-state index contributed by atoms with van der Waals surface area (Å²) in [5.41, 5.74) is 12.2. The Kier molecular flexibility index (Phi) is 4.58. The Morgan fingerprint density at radius 1 is 1.24 bits per heavy atom. The molecule has 2 rings (SSSR count). The van der Waals surface area contributed by atoms with Crippen molar-refractivity contribution in [3.05, 3.63) is 35.9 Å². The van der Waals surface area contributed by atoms with Crippen LogP contribution < -0.4 is 16.8 Å². The smallest absolute Gasteiger partial charge is 0.234 e. The third kappa shape index (κ3) is 4.36. The Hall–Kier alpha value is -2.79. The number of hydrogen-bond donors (Lipinski definition) is 3. The Bertz CT molecular complexity index is 675. The second-order valence-corrected chi connectivity index (χ2v) is 4.97. The molecule has 0 saturated carbocycles. The number of nitrogens with one attached hydrogen (secondary N) is 1. The van der Waals surface area contributed by atoms with E-state index in [1.807, 2.05) is 6.07 Å². The van der Waals surface area contributed by atoms with Gasteiger partial charge in [0.25, 0.3) is 0 Å². The van der Waals surface area contributed by atoms with E-state index in [9.17, 15) is 4.79 Å². The molecule has 106 valence electrons. The van der Waals surface area contributed by atoms with E-state index >= 15 is 0 Å². The molecule has 5 N–H and O–H groups in total. The number of rotatable bonds is 4. The highest BCUT2D eigenvalue weighted by molar-refractivity contribution is 7.99. The van der Waals surface area contributed by atoms with E-state index in [4.69, 9.17) is 16.7 Å². The monoisotopic (exact) mass is 300 g/mol. The maximum Gasteiger partial charge on any atom is 0.234 e. The van der Waals surface area contributed by atoms with Crippen LogP contribution in [-0.2, 0) is 4.79 Å². The van der Waals surface area contributed by atoms with E-state index in [1.54, 1.807) is 24.3 Å². The molecule has 1 aromatic carbocycles. The van der Waals surface area contributed by atoms with E-state index in [0.29, 0.717) is 16.4 Å². The lowest BCUT2D eigenvalue weighted by Gasteiger charge is -2.05. The average molecular weight is 300 g/mol. The Morgan fingerprint density at radius 2 is 1.86 bits per heavy atom. The number of amides is 1. The Balaban J connectivity index is 1.91. The quantitative estimate of drug-likeness (QED) is 0.572. The van der Waals surface area contributed by atoms with Gasteiger partial charge >= 0.3 is 0 Å². The molecule has 0 atom stereocenters. The molecular formula is C13H12N6OS. The second-order valence-electron chi connectivity index (χ2n) is 4.03. The van der Waals surface area contributed by atoms with E-state index < -0.39 is 0 Å². The fraction of sp³-hybridized carbons (Fsp3) is 0.0769. The number of anilines is 3. The van der Waals surface area contributed by atoms with Crippen molar-refractivity contribution in [2.24, 2.45) is 0 Å². The topological polar surface area (TPSA) is 131 Å². The lowest BCUT2D eigenvalue weighted by molar-refractivity contribution is -0.113. The second kappa shape index (κ2) is 6.58. The first kappa shape index (κ1) is 14.6. The lowest BCUT2D eigenvalue weighted by Crippen LogP contribution is -2.14. The number of hydrogen-bond acceptors (Lipinski definition) is 7. The van der Waals surface area contributed by atoms with E-state index in [2.05, 4.69) is 15.3 Å². The molecule has 0 bridgehead atoms. The van der Waals surface area contributed by atoms with Crippen LogP contribution in [-0.4, -0.2) is 21.6 Å². The SMILES string of the molecule is N#Cc1ccc(NC(=O)CSc2nc(N)cc(N)n2)cc1. The van der Waals surface area contributed by atoms with Crippen LogP contribution in [0.25, 0.3) is 0 Å². The molecule has 1 amide bonds. The molecule has 1 heterocycles. The third-order valence-corrected chi connectivity index (χ3v) is 3.22. The summed E-state index contributed by atoms with van der Waals surface area (Å²) in [5, 5.41) is 11.7. The Labute approximate surface area is 125 Å². The van der Waals surface area contributed by atoms with Crippen molar-refractivity contribution in [1.29, 1.82) is 5.26 Å². The number of aromatic nitrogens is 2. The van der Waals surface area contributed by atoms with Gasteiger partial charge in [-0.2, -0.15) is 5.26 Å². The number of nitrogens with zero attached hydrogens (tertiary/aromatic N) is 3. The first-order chi connectivity index (χ1) is 10.1. The van der Waals surface area contributed by atoms with Gasteiger partial charge in [-0.15, -0.1) is 0 Å². The minimum Gasteiger partial charge on any atom is -0.383 e. The van der Waals surface area contributed by atoms with Crippen molar-refractivity contribution in [1.82, 2.24) is 9.97 Å². The summed E-state index contributed by atoms with van der Waals surface area (Å²) >= 11 is 1.14. The van der Waals surface area contributed by atoms with Crippen molar-refractivity contribution in [2.75, 3.05) is 22.5 Å². The van der Waals surface area contributed by atoms with Crippen LogP contribution in [0.4, 0.5) is 17.3 Å². The number of benzene rings is 1. The maximum atomic E-state index is 11.8. The van der Waals surface area contributed by atoms with Gasteiger partial charge in [0.2, 0.25) is 5.91 Å². The highest BCUT2D eigenvalue weighted by Crippen LogP contribution is 2.17. The minimum absolute atomic E-state index is 0.128. The fourth-order valence-electron chi connectivity index (χ4n) is 1.48. The van der Waals surface area contributed by atoms with Crippen LogP contribution in [0.3, 0.4) is 0 Å². The molecular weight excluding hydrogens is 288 g/mol. The summed E-state index contributed by atoms with van der Waals surface area (Å²) in [7, 11) is 0. The molecule has 0 fully saturated rings. The molecule has 8 heteroatoms. The molecule has 0 aliphatic heterocycles. The van der Waals surface area contributed by atoms with Crippen LogP contribution >= 0.6 is 11.8 Å². The molecule has 2 aromatic rings. The molecule has 0 spiro atoms. The van der Waals surface area contributed by atoms with Gasteiger partial charge in [-0.3, -0.25) is 4.79 Å². The van der Waals surface area contributed by atoms with Crippen molar-refractivity contribution in [3.63, 3.8) is 0 Å². The van der Waals surface area contributed by atoms with Crippen LogP contribution in [0, 0.1) is 11.3 Å². The molecule has 0 aliphatic carbocycles. The first-order valence-corrected chi connectivity index (χ1v) is 6.88. The summed E-state index contributed by atoms with van der Waals surface area (Å²) in [6.07, 6.45) is 0. The molecule has 1 aromatic heterocycles. The van der Waals surface area contributed by atoms with Gasteiger partial charge in [0.15, 0.2) is 5.16 Å². The summed E-state index contributed by atoms with van der Waals surface area (Å²) < 4.78 is 0. The zero-order valence-corrected chi connectivity index (χ0v) is 11.7. The van der Waals surface area contributed by atoms with Gasteiger partial charge in [-0.1, -0.05) is 11.8 Å². The van der Waals surface area contributed by atoms with Gasteiger partial charge < -0.3 is 16.8 Å². The van der Waals surface area contributed by atoms with Gasteiger partial charge in [0, 0.05) is 11.8 Å². The summed E-state index contributed by atoms with van der Waals surface area (Å²) in [6, 6.07) is 10.0. The van der Waals surface area contributed by atoms with Crippen molar-refractivity contribution in [2.45, 2.75) is 5.16 Å². The Morgan fingerprint density at radius 3 is 2.43 bits per heavy atom. The normalized spacial score (nSPS) is 9.86. The number of carbonyl (C=O) groups excluding carboxylic acids is 1. The van der Waals surface area contributed by atoms with Crippen LogP contribution in [0.2, 0.25) is 0 Å². The molecule has 0 unspecified atom stereocenters. The highest BCUT2D eigenvalue weighted by atomic mass is 32.2. The molecule has 0 radical (unpaired) electrons. The van der Waals surface area contributed by atoms with Crippen LogP contribution in [0.15, 0.2) is 35.5 Å². The van der Waals surface area contributed by atoms with Gasteiger partial charge in [-0.05, 0) is 24.3 Å².